The van der Waals surface area contributed by atoms with Crippen molar-refractivity contribution < 1.29 is 17.7 Å². The van der Waals surface area contributed by atoms with E-state index in [-0.39, 0.29) is 17.3 Å². The van der Waals surface area contributed by atoms with Crippen molar-refractivity contribution >= 4 is 10.1 Å². The van der Waals surface area contributed by atoms with E-state index in [0.717, 1.165) is 5.57 Å². The summed E-state index contributed by atoms with van der Waals surface area (Å²) < 4.78 is 36.0. The molecule has 15 heavy (non-hydrogen) atoms. The van der Waals surface area contributed by atoms with Gasteiger partial charge in [-0.1, -0.05) is 18.7 Å². The van der Waals surface area contributed by atoms with E-state index in [1.807, 2.05) is 0 Å². The predicted octanol–water partition coefficient (Wildman–Crippen LogP) is 1.89. The number of hydrogen-bond acceptors (Lipinski definition) is 3. The first-order valence-corrected chi connectivity index (χ1v) is 5.69. The van der Waals surface area contributed by atoms with Gasteiger partial charge in [0.1, 0.15) is 17.3 Å². The maximum absolute atomic E-state index is 11.0. The molecule has 82 valence electrons. The molecule has 0 amide bonds. The Morgan fingerprint density at radius 1 is 1.47 bits per heavy atom. The molecule has 0 aliphatic carbocycles. The zero-order valence-electron chi connectivity index (χ0n) is 8.30. The number of rotatable bonds is 4. The molecule has 0 fully saturated rings. The lowest BCUT2D eigenvalue weighted by Crippen LogP contribution is -2.04. The van der Waals surface area contributed by atoms with E-state index in [4.69, 9.17) is 9.29 Å². The summed E-state index contributed by atoms with van der Waals surface area (Å²) in [6.45, 7) is 5.60. The molecule has 0 aliphatic heterocycles. The molecule has 1 aromatic rings. The highest BCUT2D eigenvalue weighted by Gasteiger charge is 2.15. The number of hydrogen-bond donors (Lipinski definition) is 1. The van der Waals surface area contributed by atoms with Crippen LogP contribution >= 0.6 is 0 Å². The third-order valence-electron chi connectivity index (χ3n) is 1.60. The van der Waals surface area contributed by atoms with Crippen LogP contribution in [-0.4, -0.2) is 19.6 Å². The SMILES string of the molecule is C=C(C)COc1ccccc1S(=O)(=O)O. The Morgan fingerprint density at radius 2 is 2.07 bits per heavy atom. The maximum atomic E-state index is 11.0. The summed E-state index contributed by atoms with van der Waals surface area (Å²) in [5.74, 6) is 0.128. The summed E-state index contributed by atoms with van der Waals surface area (Å²) in [7, 11) is -4.24. The summed E-state index contributed by atoms with van der Waals surface area (Å²) in [5.41, 5.74) is 0.764. The van der Waals surface area contributed by atoms with Crippen molar-refractivity contribution in [3.05, 3.63) is 36.4 Å². The zero-order valence-corrected chi connectivity index (χ0v) is 9.12. The first-order valence-electron chi connectivity index (χ1n) is 4.25. The van der Waals surface area contributed by atoms with Crippen molar-refractivity contribution in [2.45, 2.75) is 11.8 Å². The van der Waals surface area contributed by atoms with Gasteiger partial charge in [-0.15, -0.1) is 0 Å². The Morgan fingerprint density at radius 3 is 2.60 bits per heavy atom. The summed E-state index contributed by atoms with van der Waals surface area (Å²) in [4.78, 5) is -0.230. The summed E-state index contributed by atoms with van der Waals surface area (Å²) in [6.07, 6.45) is 0. The van der Waals surface area contributed by atoms with Crippen molar-refractivity contribution in [1.29, 1.82) is 0 Å². The van der Waals surface area contributed by atoms with Crippen molar-refractivity contribution in [1.82, 2.24) is 0 Å². The van der Waals surface area contributed by atoms with Gasteiger partial charge in [0.05, 0.1) is 0 Å². The summed E-state index contributed by atoms with van der Waals surface area (Å²) >= 11 is 0. The van der Waals surface area contributed by atoms with Crippen LogP contribution in [-0.2, 0) is 10.1 Å². The van der Waals surface area contributed by atoms with Gasteiger partial charge in [0.2, 0.25) is 0 Å². The number of para-hydroxylation sites is 1. The molecule has 0 atom stereocenters. The Kier molecular flexibility index (Phi) is 3.49. The van der Waals surface area contributed by atoms with Crippen molar-refractivity contribution in [3.8, 4) is 5.75 Å². The molecule has 1 rings (SSSR count). The fourth-order valence-corrected chi connectivity index (χ4v) is 1.62. The zero-order chi connectivity index (χ0) is 11.5. The van der Waals surface area contributed by atoms with Gasteiger partial charge in [0.15, 0.2) is 0 Å². The fraction of sp³-hybridized carbons (Fsp3) is 0.200. The van der Waals surface area contributed by atoms with E-state index in [2.05, 4.69) is 6.58 Å². The van der Waals surface area contributed by atoms with Gasteiger partial charge in [-0.2, -0.15) is 8.42 Å². The molecule has 5 heteroatoms. The Balaban J connectivity index is 3.02. The van der Waals surface area contributed by atoms with Crippen molar-refractivity contribution in [2.75, 3.05) is 6.61 Å². The highest BCUT2D eigenvalue weighted by atomic mass is 32.2. The van der Waals surface area contributed by atoms with Crippen LogP contribution in [0.3, 0.4) is 0 Å². The third-order valence-corrected chi connectivity index (χ3v) is 2.49. The molecule has 0 unspecified atom stereocenters. The fourth-order valence-electron chi connectivity index (χ4n) is 0.983. The molecule has 4 nitrogen and oxygen atoms in total. The van der Waals surface area contributed by atoms with Gasteiger partial charge < -0.3 is 4.74 Å². The second-order valence-corrected chi connectivity index (χ2v) is 4.56. The minimum Gasteiger partial charge on any atom is -0.488 e. The van der Waals surface area contributed by atoms with E-state index in [1.54, 1.807) is 13.0 Å². The third kappa shape index (κ3) is 3.38. The number of ether oxygens (including phenoxy) is 1. The Labute approximate surface area is 88.9 Å². The van der Waals surface area contributed by atoms with Gasteiger partial charge in [-0.3, -0.25) is 4.55 Å². The highest BCUT2D eigenvalue weighted by molar-refractivity contribution is 7.86. The Bertz CT molecular complexity index is 462. The molecular weight excluding hydrogens is 216 g/mol. The molecule has 0 radical (unpaired) electrons. The predicted molar refractivity (Wildman–Crippen MR) is 56.6 cm³/mol. The highest BCUT2D eigenvalue weighted by Crippen LogP contribution is 2.23. The second-order valence-electron chi connectivity index (χ2n) is 3.17. The normalized spacial score (nSPS) is 11.1. The molecular formula is C10H12O4S. The van der Waals surface area contributed by atoms with E-state index in [1.165, 1.54) is 18.2 Å². The van der Waals surface area contributed by atoms with Gasteiger partial charge in [-0.25, -0.2) is 0 Å². The van der Waals surface area contributed by atoms with Crippen LogP contribution in [0.25, 0.3) is 0 Å². The number of benzene rings is 1. The molecule has 0 saturated heterocycles. The van der Waals surface area contributed by atoms with Gasteiger partial charge >= 0.3 is 0 Å². The average molecular weight is 228 g/mol. The van der Waals surface area contributed by atoms with Gasteiger partial charge in [0.25, 0.3) is 10.1 Å². The van der Waals surface area contributed by atoms with Crippen LogP contribution in [0.1, 0.15) is 6.92 Å². The van der Waals surface area contributed by atoms with Crippen LogP contribution in [0.2, 0.25) is 0 Å². The molecule has 0 bridgehead atoms. The average Bonchev–Trinajstić information content (AvgIpc) is 2.13. The smallest absolute Gasteiger partial charge is 0.298 e. The van der Waals surface area contributed by atoms with Crippen LogP contribution < -0.4 is 4.74 Å². The van der Waals surface area contributed by atoms with Crippen LogP contribution in [0.15, 0.2) is 41.3 Å². The molecule has 0 spiro atoms. The minimum absolute atomic E-state index is 0.128. The second kappa shape index (κ2) is 4.46. The lowest BCUT2D eigenvalue weighted by Gasteiger charge is -2.08. The molecule has 0 aliphatic rings. The standard InChI is InChI=1S/C10H12O4S/c1-8(2)7-14-9-5-3-4-6-10(9)15(11,12)13/h3-6H,1,7H2,2H3,(H,11,12,13). The van der Waals surface area contributed by atoms with Crippen LogP contribution in [0, 0.1) is 0 Å². The van der Waals surface area contributed by atoms with E-state index in [0.29, 0.717) is 0 Å². The molecule has 1 aromatic carbocycles. The lowest BCUT2D eigenvalue weighted by atomic mass is 10.3. The van der Waals surface area contributed by atoms with E-state index >= 15 is 0 Å². The van der Waals surface area contributed by atoms with Gasteiger partial charge in [-0.05, 0) is 24.6 Å². The van der Waals surface area contributed by atoms with E-state index in [9.17, 15) is 8.42 Å². The van der Waals surface area contributed by atoms with E-state index < -0.39 is 10.1 Å². The van der Waals surface area contributed by atoms with Gasteiger partial charge in [0, 0.05) is 0 Å². The molecule has 0 heterocycles. The minimum atomic E-state index is -4.24. The quantitative estimate of drug-likeness (QED) is 0.631. The van der Waals surface area contributed by atoms with Crippen LogP contribution in [0.4, 0.5) is 0 Å². The first-order chi connectivity index (χ1) is 6.91. The van der Waals surface area contributed by atoms with Crippen LogP contribution in [0.5, 0.6) is 5.75 Å². The molecule has 0 aromatic heterocycles. The molecule has 1 N–H and O–H groups in total. The molecule has 0 saturated carbocycles. The van der Waals surface area contributed by atoms with Crippen molar-refractivity contribution in [3.63, 3.8) is 0 Å². The maximum Gasteiger partial charge on any atom is 0.298 e. The van der Waals surface area contributed by atoms with Crippen molar-refractivity contribution in [2.24, 2.45) is 0 Å². The monoisotopic (exact) mass is 228 g/mol. The summed E-state index contributed by atoms with van der Waals surface area (Å²) in [5, 5.41) is 0. The lowest BCUT2D eigenvalue weighted by molar-refractivity contribution is 0.341. The topological polar surface area (TPSA) is 63.6 Å². The summed E-state index contributed by atoms with van der Waals surface area (Å²) in [6, 6.07) is 5.90. The largest absolute Gasteiger partial charge is 0.488 e. The first kappa shape index (κ1) is 11.7. The Hall–Kier alpha value is -1.33.